The van der Waals surface area contributed by atoms with E-state index in [9.17, 15) is 4.79 Å². The largest absolute Gasteiger partial charge is 0.494 e. The third kappa shape index (κ3) is 1.50. The van der Waals surface area contributed by atoms with Crippen LogP contribution in [0.1, 0.15) is 66.4 Å². The predicted octanol–water partition coefficient (Wildman–Crippen LogP) is 3.65. The standard InChI is InChI=1S/C15H18O2/c1-3-17-13-7-6-12(9(2)16)14-10-4-5-11(8-10)15(13)14/h6-7,10-11H,3-5,8H2,1-2H3. The van der Waals surface area contributed by atoms with Crippen LogP contribution in [0.15, 0.2) is 12.1 Å². The highest BCUT2D eigenvalue weighted by Gasteiger charge is 2.41. The van der Waals surface area contributed by atoms with Crippen LogP contribution < -0.4 is 4.74 Å². The van der Waals surface area contributed by atoms with Gasteiger partial charge in [0.2, 0.25) is 0 Å². The lowest BCUT2D eigenvalue weighted by Crippen LogP contribution is -2.08. The zero-order chi connectivity index (χ0) is 12.0. The molecule has 0 amide bonds. The van der Waals surface area contributed by atoms with Crippen molar-refractivity contribution in [3.05, 3.63) is 28.8 Å². The van der Waals surface area contributed by atoms with Gasteiger partial charge in [-0.15, -0.1) is 0 Å². The first kappa shape index (κ1) is 10.8. The number of rotatable bonds is 3. The molecule has 17 heavy (non-hydrogen) atoms. The molecule has 2 nitrogen and oxygen atoms in total. The van der Waals surface area contributed by atoms with Crippen molar-refractivity contribution in [2.24, 2.45) is 0 Å². The molecule has 1 aromatic carbocycles. The highest BCUT2D eigenvalue weighted by atomic mass is 16.5. The SMILES string of the molecule is CCOc1ccc(C(C)=O)c2c1C1CCC2C1. The van der Waals surface area contributed by atoms with Gasteiger partial charge >= 0.3 is 0 Å². The van der Waals surface area contributed by atoms with Gasteiger partial charge in [-0.2, -0.15) is 0 Å². The molecule has 1 aromatic rings. The van der Waals surface area contributed by atoms with Gasteiger partial charge in [0.25, 0.3) is 0 Å². The van der Waals surface area contributed by atoms with Crippen molar-refractivity contribution in [1.82, 2.24) is 0 Å². The van der Waals surface area contributed by atoms with Crippen LogP contribution in [0.2, 0.25) is 0 Å². The molecule has 2 aliphatic carbocycles. The molecule has 2 atom stereocenters. The number of fused-ring (bicyclic) bond motifs is 5. The Balaban J connectivity index is 2.17. The summed E-state index contributed by atoms with van der Waals surface area (Å²) in [6, 6.07) is 3.94. The number of carbonyl (C=O) groups is 1. The number of hydrogen-bond donors (Lipinski definition) is 0. The summed E-state index contributed by atoms with van der Waals surface area (Å²) in [7, 11) is 0. The highest BCUT2D eigenvalue weighted by Crippen LogP contribution is 2.56. The lowest BCUT2D eigenvalue weighted by molar-refractivity contribution is 0.101. The second-order valence-corrected chi connectivity index (χ2v) is 5.13. The van der Waals surface area contributed by atoms with Crippen molar-refractivity contribution in [2.45, 2.75) is 44.9 Å². The summed E-state index contributed by atoms with van der Waals surface area (Å²) in [5.41, 5.74) is 3.58. The van der Waals surface area contributed by atoms with Crippen molar-refractivity contribution in [3.63, 3.8) is 0 Å². The number of carbonyl (C=O) groups excluding carboxylic acids is 1. The maximum Gasteiger partial charge on any atom is 0.160 e. The fourth-order valence-electron chi connectivity index (χ4n) is 3.57. The van der Waals surface area contributed by atoms with E-state index < -0.39 is 0 Å². The van der Waals surface area contributed by atoms with Gasteiger partial charge in [-0.05, 0) is 62.6 Å². The van der Waals surface area contributed by atoms with E-state index in [0.717, 1.165) is 11.3 Å². The average Bonchev–Trinajstić information content (AvgIpc) is 2.90. The van der Waals surface area contributed by atoms with Gasteiger partial charge in [-0.3, -0.25) is 4.79 Å². The Morgan fingerprint density at radius 2 is 2.00 bits per heavy atom. The lowest BCUT2D eigenvalue weighted by Gasteiger charge is -2.21. The maximum absolute atomic E-state index is 11.7. The zero-order valence-corrected chi connectivity index (χ0v) is 10.5. The quantitative estimate of drug-likeness (QED) is 0.741. The Morgan fingerprint density at radius 1 is 1.29 bits per heavy atom. The minimum absolute atomic E-state index is 0.192. The Hall–Kier alpha value is -1.31. The van der Waals surface area contributed by atoms with Gasteiger partial charge in [-0.25, -0.2) is 0 Å². The van der Waals surface area contributed by atoms with E-state index in [1.54, 1.807) is 6.92 Å². The molecule has 2 aliphatic rings. The summed E-state index contributed by atoms with van der Waals surface area (Å²) in [4.78, 5) is 11.7. The first-order valence-corrected chi connectivity index (χ1v) is 6.53. The zero-order valence-electron chi connectivity index (χ0n) is 10.5. The molecular weight excluding hydrogens is 212 g/mol. The summed E-state index contributed by atoms with van der Waals surface area (Å²) in [5, 5.41) is 0. The fourth-order valence-corrected chi connectivity index (χ4v) is 3.57. The van der Waals surface area contributed by atoms with E-state index in [1.807, 2.05) is 19.1 Å². The van der Waals surface area contributed by atoms with E-state index in [-0.39, 0.29) is 5.78 Å². The molecule has 1 fully saturated rings. The van der Waals surface area contributed by atoms with Crippen LogP contribution in [0.25, 0.3) is 0 Å². The molecule has 90 valence electrons. The van der Waals surface area contributed by atoms with Gasteiger partial charge in [0, 0.05) is 11.1 Å². The molecule has 0 radical (unpaired) electrons. The smallest absolute Gasteiger partial charge is 0.160 e. The summed E-state index contributed by atoms with van der Waals surface area (Å²) < 4.78 is 5.72. The second-order valence-electron chi connectivity index (χ2n) is 5.13. The van der Waals surface area contributed by atoms with Gasteiger partial charge < -0.3 is 4.74 Å². The molecule has 0 aliphatic heterocycles. The molecule has 0 heterocycles. The number of ketones is 1. The normalized spacial score (nSPS) is 24.8. The summed E-state index contributed by atoms with van der Waals surface area (Å²) in [6.07, 6.45) is 3.73. The van der Waals surface area contributed by atoms with Crippen LogP contribution in [-0.2, 0) is 0 Å². The van der Waals surface area contributed by atoms with Crippen LogP contribution in [0.3, 0.4) is 0 Å². The Morgan fingerprint density at radius 3 is 2.65 bits per heavy atom. The van der Waals surface area contributed by atoms with Crippen LogP contribution in [0.4, 0.5) is 0 Å². The van der Waals surface area contributed by atoms with E-state index >= 15 is 0 Å². The van der Waals surface area contributed by atoms with Gasteiger partial charge in [0.1, 0.15) is 5.75 Å². The summed E-state index contributed by atoms with van der Waals surface area (Å²) in [6.45, 7) is 4.38. The maximum atomic E-state index is 11.7. The van der Waals surface area contributed by atoms with Gasteiger partial charge in [0.05, 0.1) is 6.61 Å². The summed E-state index contributed by atoms with van der Waals surface area (Å²) >= 11 is 0. The third-order valence-electron chi connectivity index (χ3n) is 4.18. The van der Waals surface area contributed by atoms with Crippen LogP contribution in [-0.4, -0.2) is 12.4 Å². The van der Waals surface area contributed by atoms with Crippen molar-refractivity contribution in [3.8, 4) is 5.75 Å². The van der Waals surface area contributed by atoms with Gasteiger partial charge in [0.15, 0.2) is 5.78 Å². The van der Waals surface area contributed by atoms with Gasteiger partial charge in [-0.1, -0.05) is 0 Å². The Bertz CT molecular complexity index is 476. The number of Topliss-reactive ketones (excluding diaryl/α,β-unsaturated/α-hetero) is 1. The van der Waals surface area contributed by atoms with Crippen molar-refractivity contribution in [1.29, 1.82) is 0 Å². The van der Waals surface area contributed by atoms with E-state index in [2.05, 4.69) is 0 Å². The number of benzene rings is 1. The fraction of sp³-hybridized carbons (Fsp3) is 0.533. The number of hydrogen-bond acceptors (Lipinski definition) is 2. The van der Waals surface area contributed by atoms with Crippen molar-refractivity contribution < 1.29 is 9.53 Å². The van der Waals surface area contributed by atoms with E-state index in [0.29, 0.717) is 18.4 Å². The molecule has 0 aromatic heterocycles. The molecule has 2 heteroatoms. The molecule has 0 spiro atoms. The Labute approximate surface area is 102 Å². The first-order chi connectivity index (χ1) is 8.22. The second kappa shape index (κ2) is 3.86. The van der Waals surface area contributed by atoms with Crippen LogP contribution >= 0.6 is 0 Å². The predicted molar refractivity (Wildman–Crippen MR) is 66.9 cm³/mol. The van der Waals surface area contributed by atoms with E-state index in [4.69, 9.17) is 4.74 Å². The summed E-state index contributed by atoms with van der Waals surface area (Å²) in [5.74, 6) is 2.45. The lowest BCUT2D eigenvalue weighted by atomic mass is 9.86. The molecule has 2 bridgehead atoms. The van der Waals surface area contributed by atoms with Crippen LogP contribution in [0, 0.1) is 0 Å². The van der Waals surface area contributed by atoms with Crippen LogP contribution in [0.5, 0.6) is 5.75 Å². The van der Waals surface area contributed by atoms with Crippen molar-refractivity contribution in [2.75, 3.05) is 6.61 Å². The minimum Gasteiger partial charge on any atom is -0.494 e. The number of ether oxygens (including phenoxy) is 1. The minimum atomic E-state index is 0.192. The first-order valence-electron chi connectivity index (χ1n) is 6.53. The molecular formula is C15H18O2. The monoisotopic (exact) mass is 230 g/mol. The molecule has 1 saturated carbocycles. The molecule has 0 saturated heterocycles. The van der Waals surface area contributed by atoms with Crippen molar-refractivity contribution >= 4 is 5.78 Å². The molecule has 3 rings (SSSR count). The molecule has 2 unspecified atom stereocenters. The Kier molecular flexibility index (Phi) is 2.46. The highest BCUT2D eigenvalue weighted by molar-refractivity contribution is 5.96. The average molecular weight is 230 g/mol. The topological polar surface area (TPSA) is 26.3 Å². The van der Waals surface area contributed by atoms with E-state index in [1.165, 1.54) is 30.4 Å². The molecule has 0 N–H and O–H groups in total. The third-order valence-corrected chi connectivity index (χ3v) is 4.18.